The lowest BCUT2D eigenvalue weighted by atomic mass is 10.1. The molecule has 0 amide bonds. The van der Waals surface area contributed by atoms with Gasteiger partial charge in [0.25, 0.3) is 5.89 Å². The molecule has 3 aromatic heterocycles. The number of aromatic nitrogens is 4. The summed E-state index contributed by atoms with van der Waals surface area (Å²) in [5.74, 6) is 2.68. The van der Waals surface area contributed by atoms with Gasteiger partial charge in [-0.2, -0.15) is 4.98 Å². The van der Waals surface area contributed by atoms with Crippen LogP contribution in [0.15, 0.2) is 64.0 Å². The van der Waals surface area contributed by atoms with Gasteiger partial charge in [0, 0.05) is 25.7 Å². The van der Waals surface area contributed by atoms with Crippen molar-refractivity contribution in [3.63, 3.8) is 0 Å². The first kappa shape index (κ1) is 18.7. The van der Waals surface area contributed by atoms with Crippen molar-refractivity contribution in [3.8, 4) is 17.2 Å². The van der Waals surface area contributed by atoms with E-state index in [1.807, 2.05) is 61.3 Å². The lowest BCUT2D eigenvalue weighted by molar-refractivity contribution is 0.406. The van der Waals surface area contributed by atoms with Gasteiger partial charge in [0.05, 0.1) is 18.7 Å². The molecule has 0 aliphatic heterocycles. The number of hydrogen-bond donors (Lipinski definition) is 0. The summed E-state index contributed by atoms with van der Waals surface area (Å²) in [5.41, 5.74) is 2.69. The zero-order valence-electron chi connectivity index (χ0n) is 16.4. The van der Waals surface area contributed by atoms with Gasteiger partial charge in [-0.25, -0.2) is 4.98 Å². The van der Waals surface area contributed by atoms with E-state index in [-0.39, 0.29) is 6.04 Å². The number of nitrogens with zero attached hydrogens (tertiary/aromatic N) is 5. The van der Waals surface area contributed by atoms with E-state index in [1.54, 1.807) is 19.6 Å². The fraction of sp³-hybridized carbons (Fsp3) is 0.238. The van der Waals surface area contributed by atoms with E-state index in [0.717, 1.165) is 28.4 Å². The van der Waals surface area contributed by atoms with Crippen LogP contribution >= 0.6 is 0 Å². The van der Waals surface area contributed by atoms with Crippen molar-refractivity contribution in [2.24, 2.45) is 0 Å². The molecule has 4 rings (SSSR count). The first-order chi connectivity index (χ1) is 14.1. The van der Waals surface area contributed by atoms with Crippen molar-refractivity contribution < 1.29 is 13.8 Å². The van der Waals surface area contributed by atoms with Crippen LogP contribution in [-0.2, 0) is 6.42 Å². The molecule has 29 heavy (non-hydrogen) atoms. The summed E-state index contributed by atoms with van der Waals surface area (Å²) < 4.78 is 15.5. The summed E-state index contributed by atoms with van der Waals surface area (Å²) in [4.78, 5) is 11.0. The van der Waals surface area contributed by atoms with Crippen LogP contribution in [0.5, 0.6) is 5.75 Å². The fourth-order valence-corrected chi connectivity index (χ4v) is 2.92. The van der Waals surface area contributed by atoms with Crippen molar-refractivity contribution >= 4 is 5.82 Å². The molecule has 1 atom stereocenters. The van der Waals surface area contributed by atoms with Gasteiger partial charge >= 0.3 is 0 Å². The SMILES string of the molecule is COc1ccc(Cc2noc(-c3ccc(N(C)[C@H](C)c4ccon4)nc3)n2)cc1. The van der Waals surface area contributed by atoms with Crippen LogP contribution in [0.1, 0.15) is 30.0 Å². The highest BCUT2D eigenvalue weighted by atomic mass is 16.5. The van der Waals surface area contributed by atoms with Gasteiger partial charge in [0.2, 0.25) is 0 Å². The van der Waals surface area contributed by atoms with Crippen molar-refractivity contribution in [3.05, 3.63) is 72.0 Å². The third kappa shape index (κ3) is 4.11. The van der Waals surface area contributed by atoms with Crippen LogP contribution in [0, 0.1) is 0 Å². The van der Waals surface area contributed by atoms with E-state index < -0.39 is 0 Å². The molecule has 0 saturated carbocycles. The molecule has 0 fully saturated rings. The Hall–Kier alpha value is -3.68. The summed E-state index contributed by atoms with van der Waals surface area (Å²) >= 11 is 0. The van der Waals surface area contributed by atoms with Gasteiger partial charge in [-0.15, -0.1) is 0 Å². The van der Waals surface area contributed by atoms with E-state index in [9.17, 15) is 0 Å². The number of anilines is 1. The lowest BCUT2D eigenvalue weighted by Gasteiger charge is -2.24. The molecule has 4 aromatic rings. The standard InChI is InChI=1S/C21H21N5O3/c1-14(18-10-11-28-24-18)26(2)20-9-6-16(13-22-20)21-23-19(25-29-21)12-15-4-7-17(27-3)8-5-15/h4-11,13-14H,12H2,1-3H3/t14-/m1/s1. The number of pyridine rings is 1. The predicted molar refractivity (Wildman–Crippen MR) is 107 cm³/mol. The zero-order valence-corrected chi connectivity index (χ0v) is 16.4. The second kappa shape index (κ2) is 8.14. The maximum atomic E-state index is 5.41. The van der Waals surface area contributed by atoms with Gasteiger partial charge in [0.15, 0.2) is 5.82 Å². The van der Waals surface area contributed by atoms with Gasteiger partial charge < -0.3 is 18.7 Å². The maximum Gasteiger partial charge on any atom is 0.259 e. The average Bonchev–Trinajstić information content (AvgIpc) is 3.46. The largest absolute Gasteiger partial charge is 0.497 e. The molecule has 0 aliphatic carbocycles. The Morgan fingerprint density at radius 1 is 1.07 bits per heavy atom. The molecule has 8 heteroatoms. The summed E-state index contributed by atoms with van der Waals surface area (Å²) in [7, 11) is 3.60. The minimum atomic E-state index is 0.0339. The van der Waals surface area contributed by atoms with Crippen LogP contribution < -0.4 is 9.64 Å². The molecular formula is C21H21N5O3. The van der Waals surface area contributed by atoms with E-state index >= 15 is 0 Å². The fourth-order valence-electron chi connectivity index (χ4n) is 2.92. The highest BCUT2D eigenvalue weighted by molar-refractivity contribution is 5.55. The molecular weight excluding hydrogens is 370 g/mol. The van der Waals surface area contributed by atoms with Crippen LogP contribution in [0.4, 0.5) is 5.82 Å². The maximum absolute atomic E-state index is 5.41. The minimum Gasteiger partial charge on any atom is -0.497 e. The number of ether oxygens (including phenoxy) is 1. The Bertz CT molecular complexity index is 1040. The van der Waals surface area contributed by atoms with Crippen molar-refractivity contribution in [1.82, 2.24) is 20.3 Å². The van der Waals surface area contributed by atoms with Crippen LogP contribution in [0.25, 0.3) is 11.5 Å². The summed E-state index contributed by atoms with van der Waals surface area (Å²) in [6.45, 7) is 2.04. The summed E-state index contributed by atoms with van der Waals surface area (Å²) in [5, 5.41) is 8.07. The lowest BCUT2D eigenvalue weighted by Crippen LogP contribution is -2.22. The second-order valence-corrected chi connectivity index (χ2v) is 6.66. The van der Waals surface area contributed by atoms with E-state index in [1.165, 1.54) is 0 Å². The first-order valence-corrected chi connectivity index (χ1v) is 9.19. The van der Waals surface area contributed by atoms with Crippen LogP contribution in [0.2, 0.25) is 0 Å². The topological polar surface area (TPSA) is 90.3 Å². The Balaban J connectivity index is 1.45. The number of benzene rings is 1. The molecule has 0 unspecified atom stereocenters. The van der Waals surface area contributed by atoms with Crippen LogP contribution in [-0.4, -0.2) is 34.4 Å². The molecule has 0 radical (unpaired) electrons. The molecule has 0 spiro atoms. The molecule has 3 heterocycles. The first-order valence-electron chi connectivity index (χ1n) is 9.19. The average molecular weight is 391 g/mol. The highest BCUT2D eigenvalue weighted by Crippen LogP contribution is 2.25. The van der Waals surface area contributed by atoms with Crippen molar-refractivity contribution in [1.29, 1.82) is 0 Å². The van der Waals surface area contributed by atoms with Gasteiger partial charge in [0.1, 0.15) is 23.5 Å². The Morgan fingerprint density at radius 2 is 1.90 bits per heavy atom. The third-order valence-corrected chi connectivity index (χ3v) is 4.81. The molecule has 1 aromatic carbocycles. The quantitative estimate of drug-likeness (QED) is 0.468. The third-order valence-electron chi connectivity index (χ3n) is 4.81. The number of rotatable bonds is 7. The van der Waals surface area contributed by atoms with E-state index in [2.05, 4.69) is 20.3 Å². The molecule has 0 aliphatic rings. The monoisotopic (exact) mass is 391 g/mol. The van der Waals surface area contributed by atoms with Gasteiger partial charge in [-0.3, -0.25) is 0 Å². The van der Waals surface area contributed by atoms with Crippen LogP contribution in [0.3, 0.4) is 0 Å². The Morgan fingerprint density at radius 3 is 2.55 bits per heavy atom. The summed E-state index contributed by atoms with van der Waals surface area (Å²) in [6.07, 6.45) is 3.87. The highest BCUT2D eigenvalue weighted by Gasteiger charge is 2.17. The zero-order chi connectivity index (χ0) is 20.2. The summed E-state index contributed by atoms with van der Waals surface area (Å²) in [6, 6.07) is 13.5. The molecule has 0 saturated heterocycles. The predicted octanol–water partition coefficient (Wildman–Crippen LogP) is 3.92. The Kier molecular flexibility index (Phi) is 5.24. The molecule has 8 nitrogen and oxygen atoms in total. The molecule has 0 bridgehead atoms. The normalized spacial score (nSPS) is 12.0. The minimum absolute atomic E-state index is 0.0339. The number of hydrogen-bond acceptors (Lipinski definition) is 8. The van der Waals surface area contributed by atoms with Crippen molar-refractivity contribution in [2.45, 2.75) is 19.4 Å². The van der Waals surface area contributed by atoms with Crippen molar-refractivity contribution in [2.75, 3.05) is 19.1 Å². The van der Waals surface area contributed by atoms with Gasteiger partial charge in [-0.05, 0) is 36.8 Å². The molecule has 148 valence electrons. The molecule has 0 N–H and O–H groups in total. The Labute approximate surface area is 168 Å². The smallest absolute Gasteiger partial charge is 0.259 e. The second-order valence-electron chi connectivity index (χ2n) is 6.66. The number of methoxy groups -OCH3 is 1. The van der Waals surface area contributed by atoms with E-state index in [4.69, 9.17) is 13.8 Å². The van der Waals surface area contributed by atoms with E-state index in [0.29, 0.717) is 18.1 Å². The van der Waals surface area contributed by atoms with Gasteiger partial charge in [-0.1, -0.05) is 22.4 Å².